The quantitative estimate of drug-likeness (QED) is 0.512. The maximum atomic E-state index is 11.5. The van der Waals surface area contributed by atoms with Crippen LogP contribution in [-0.4, -0.2) is 48.7 Å². The van der Waals surface area contributed by atoms with Crippen LogP contribution in [0.3, 0.4) is 0 Å². The van der Waals surface area contributed by atoms with Crippen LogP contribution in [0.2, 0.25) is 0 Å². The molecule has 1 rings (SSSR count). The van der Waals surface area contributed by atoms with Crippen molar-refractivity contribution in [3.05, 3.63) is 0 Å². The van der Waals surface area contributed by atoms with E-state index in [1.807, 2.05) is 0 Å². The molecule has 0 aromatic carbocycles. The van der Waals surface area contributed by atoms with Gasteiger partial charge < -0.3 is 19.3 Å². The number of ether oxygens (including phenoxy) is 3. The van der Waals surface area contributed by atoms with Gasteiger partial charge in [0.2, 0.25) is 0 Å². The summed E-state index contributed by atoms with van der Waals surface area (Å²) in [4.78, 5) is 11.5. The van der Waals surface area contributed by atoms with Crippen LogP contribution in [0.5, 0.6) is 0 Å². The molecule has 1 fully saturated rings. The van der Waals surface area contributed by atoms with Gasteiger partial charge in [0.15, 0.2) is 11.7 Å². The van der Waals surface area contributed by atoms with E-state index in [0.29, 0.717) is 13.2 Å². The first kappa shape index (κ1) is 16.4. The number of carbonyl (C=O) groups excluding carboxylic acids is 1. The normalized spacial score (nSPS) is 30.6. The maximum absolute atomic E-state index is 11.5. The Labute approximate surface area is 115 Å². The summed E-state index contributed by atoms with van der Waals surface area (Å²) in [6.45, 7) is 7.29. The number of carbonyl (C=O) groups is 1. The van der Waals surface area contributed by atoms with Gasteiger partial charge in [0.25, 0.3) is 0 Å². The zero-order valence-electron chi connectivity index (χ0n) is 12.2. The highest BCUT2D eigenvalue weighted by atomic mass is 16.6. The Morgan fingerprint density at radius 1 is 1.26 bits per heavy atom. The molecule has 1 saturated heterocycles. The van der Waals surface area contributed by atoms with E-state index in [9.17, 15) is 9.90 Å². The summed E-state index contributed by atoms with van der Waals surface area (Å²) in [6, 6.07) is 0. The first-order chi connectivity index (χ1) is 9.05. The minimum Gasteiger partial charge on any atom is -0.452 e. The van der Waals surface area contributed by atoms with Crippen LogP contribution in [-0.2, 0) is 19.0 Å². The molecule has 0 amide bonds. The molecule has 0 aromatic heterocycles. The van der Waals surface area contributed by atoms with E-state index in [-0.39, 0.29) is 6.61 Å². The smallest absolute Gasteiger partial charge is 0.338 e. The average Bonchev–Trinajstić information content (AvgIpc) is 2.59. The van der Waals surface area contributed by atoms with Crippen molar-refractivity contribution in [1.29, 1.82) is 0 Å². The second kappa shape index (κ2) is 7.82. The number of unbranched alkanes of at least 4 members (excludes halogenated alkanes) is 2. The van der Waals surface area contributed by atoms with E-state index in [4.69, 9.17) is 14.2 Å². The van der Waals surface area contributed by atoms with Crippen molar-refractivity contribution in [2.24, 2.45) is 0 Å². The lowest BCUT2D eigenvalue weighted by molar-refractivity contribution is -0.158. The van der Waals surface area contributed by atoms with E-state index in [2.05, 4.69) is 13.8 Å². The van der Waals surface area contributed by atoms with Gasteiger partial charge in [0.05, 0.1) is 6.61 Å². The van der Waals surface area contributed by atoms with Crippen LogP contribution in [0, 0.1) is 0 Å². The summed E-state index contributed by atoms with van der Waals surface area (Å²) in [6.07, 6.45) is 2.06. The minimum atomic E-state index is -1.21. The highest BCUT2D eigenvalue weighted by Gasteiger charge is 2.53. The fourth-order valence-corrected chi connectivity index (χ4v) is 2.06. The molecular weight excluding hydrogens is 248 g/mol. The van der Waals surface area contributed by atoms with Crippen molar-refractivity contribution in [1.82, 2.24) is 0 Å². The van der Waals surface area contributed by atoms with Crippen molar-refractivity contribution in [3.63, 3.8) is 0 Å². The summed E-state index contributed by atoms with van der Waals surface area (Å²) >= 11 is 0. The maximum Gasteiger partial charge on any atom is 0.338 e. The molecule has 3 atom stereocenters. The molecule has 1 aliphatic heterocycles. The van der Waals surface area contributed by atoms with Gasteiger partial charge in [-0.1, -0.05) is 26.7 Å². The van der Waals surface area contributed by atoms with E-state index in [0.717, 1.165) is 25.7 Å². The third kappa shape index (κ3) is 4.44. The van der Waals surface area contributed by atoms with Crippen molar-refractivity contribution in [3.8, 4) is 0 Å². The van der Waals surface area contributed by atoms with Crippen molar-refractivity contribution in [2.45, 2.75) is 64.3 Å². The summed E-state index contributed by atoms with van der Waals surface area (Å²) < 4.78 is 16.4. The Hall–Kier alpha value is -0.650. The number of cyclic esters (lactones) is 1. The Balaban J connectivity index is 2.53. The highest BCUT2D eigenvalue weighted by molar-refractivity contribution is 5.78. The lowest BCUT2D eigenvalue weighted by Crippen LogP contribution is -2.46. The monoisotopic (exact) mass is 274 g/mol. The zero-order valence-corrected chi connectivity index (χ0v) is 12.2. The van der Waals surface area contributed by atoms with E-state index < -0.39 is 23.8 Å². The summed E-state index contributed by atoms with van der Waals surface area (Å²) in [5.41, 5.74) is -0.891. The van der Waals surface area contributed by atoms with Crippen LogP contribution in [0.4, 0.5) is 0 Å². The van der Waals surface area contributed by atoms with Gasteiger partial charge in [-0.2, -0.15) is 0 Å². The van der Waals surface area contributed by atoms with Gasteiger partial charge in [-0.05, 0) is 19.8 Å². The summed E-state index contributed by atoms with van der Waals surface area (Å²) in [5, 5.41) is 9.84. The predicted molar refractivity (Wildman–Crippen MR) is 70.9 cm³/mol. The van der Waals surface area contributed by atoms with Crippen LogP contribution in [0.25, 0.3) is 0 Å². The number of hydrogen-bond donors (Lipinski definition) is 1. The van der Waals surface area contributed by atoms with Crippen molar-refractivity contribution >= 4 is 5.97 Å². The SMILES string of the molecule is CCCCOC[C@@]1(C)OC(=O)[C@H](O)[C@@H]1OCCCC. The molecular formula is C14H26O5. The number of rotatable bonds is 9. The third-order valence-electron chi connectivity index (χ3n) is 3.29. The third-order valence-corrected chi connectivity index (χ3v) is 3.29. The van der Waals surface area contributed by atoms with Gasteiger partial charge in [-0.15, -0.1) is 0 Å². The second-order valence-electron chi connectivity index (χ2n) is 5.23. The van der Waals surface area contributed by atoms with Gasteiger partial charge in [0.1, 0.15) is 6.10 Å². The molecule has 0 radical (unpaired) electrons. The summed E-state index contributed by atoms with van der Waals surface area (Å²) in [5.74, 6) is -0.622. The Morgan fingerprint density at radius 3 is 2.53 bits per heavy atom. The minimum absolute atomic E-state index is 0.257. The van der Waals surface area contributed by atoms with Crippen LogP contribution < -0.4 is 0 Å². The standard InChI is InChI=1S/C14H26O5/c1-4-6-8-17-10-14(3)12(18-9-7-5-2)11(15)13(16)19-14/h11-12,15H,4-10H2,1-3H3/t11-,12+,14-/m1/s1. The number of esters is 1. The lowest BCUT2D eigenvalue weighted by Gasteiger charge is -2.29. The molecule has 1 N–H and O–H groups in total. The average molecular weight is 274 g/mol. The molecule has 0 unspecified atom stereocenters. The molecule has 1 heterocycles. The molecule has 0 bridgehead atoms. The van der Waals surface area contributed by atoms with E-state index in [1.165, 1.54) is 0 Å². The molecule has 0 spiro atoms. The lowest BCUT2D eigenvalue weighted by atomic mass is 9.98. The number of aliphatic hydroxyl groups is 1. The topological polar surface area (TPSA) is 65.0 Å². The van der Waals surface area contributed by atoms with Crippen molar-refractivity contribution < 1.29 is 24.1 Å². The Morgan fingerprint density at radius 2 is 1.89 bits per heavy atom. The first-order valence-corrected chi connectivity index (χ1v) is 7.15. The van der Waals surface area contributed by atoms with Crippen LogP contribution in [0.1, 0.15) is 46.5 Å². The Bertz CT molecular complexity index is 281. The van der Waals surface area contributed by atoms with Gasteiger partial charge >= 0.3 is 5.97 Å². The second-order valence-corrected chi connectivity index (χ2v) is 5.23. The van der Waals surface area contributed by atoms with Gasteiger partial charge in [0, 0.05) is 13.2 Å². The molecule has 1 aliphatic rings. The van der Waals surface area contributed by atoms with Gasteiger partial charge in [-0.25, -0.2) is 4.79 Å². The molecule has 0 saturated carbocycles. The van der Waals surface area contributed by atoms with E-state index in [1.54, 1.807) is 6.92 Å². The molecule has 0 aromatic rings. The molecule has 19 heavy (non-hydrogen) atoms. The largest absolute Gasteiger partial charge is 0.452 e. The van der Waals surface area contributed by atoms with Crippen LogP contribution in [0.15, 0.2) is 0 Å². The fraction of sp³-hybridized carbons (Fsp3) is 0.929. The van der Waals surface area contributed by atoms with Crippen molar-refractivity contribution in [2.75, 3.05) is 19.8 Å². The fourth-order valence-electron chi connectivity index (χ4n) is 2.06. The summed E-state index contributed by atoms with van der Waals surface area (Å²) in [7, 11) is 0. The van der Waals surface area contributed by atoms with Crippen LogP contribution >= 0.6 is 0 Å². The zero-order chi connectivity index (χ0) is 14.3. The number of hydrogen-bond acceptors (Lipinski definition) is 5. The molecule has 0 aliphatic carbocycles. The number of aliphatic hydroxyl groups excluding tert-OH is 1. The first-order valence-electron chi connectivity index (χ1n) is 7.15. The highest BCUT2D eigenvalue weighted by Crippen LogP contribution is 2.30. The molecule has 5 nitrogen and oxygen atoms in total. The molecule has 112 valence electrons. The van der Waals surface area contributed by atoms with Gasteiger partial charge in [-0.3, -0.25) is 0 Å². The predicted octanol–water partition coefficient (Wildman–Crippen LogP) is 1.66. The van der Waals surface area contributed by atoms with E-state index >= 15 is 0 Å². The Kier molecular flexibility index (Phi) is 6.75. The molecule has 5 heteroatoms.